The van der Waals surface area contributed by atoms with Crippen molar-refractivity contribution in [2.24, 2.45) is 0 Å². The molecule has 6 heteroatoms. The van der Waals surface area contributed by atoms with Crippen molar-refractivity contribution in [1.29, 1.82) is 0 Å². The van der Waals surface area contributed by atoms with Crippen LogP contribution in [0.2, 0.25) is 0 Å². The lowest BCUT2D eigenvalue weighted by Crippen LogP contribution is -2.32. The molecule has 0 saturated heterocycles. The largest absolute Gasteiger partial charge is 0.480 e. The van der Waals surface area contributed by atoms with Gasteiger partial charge < -0.3 is 5.11 Å². The lowest BCUT2D eigenvalue weighted by atomic mass is 10.3. The Balaban J connectivity index is -0.0000000817. The van der Waals surface area contributed by atoms with E-state index in [-0.39, 0.29) is 43.3 Å². The van der Waals surface area contributed by atoms with Gasteiger partial charge in [0.2, 0.25) is 0 Å². The molecular weight excluding hydrogens is 212 g/mol. The van der Waals surface area contributed by atoms with Gasteiger partial charge in [0.25, 0.3) is 0 Å². The van der Waals surface area contributed by atoms with Gasteiger partial charge in [-0.2, -0.15) is 0 Å². The van der Waals surface area contributed by atoms with Crippen LogP contribution < -0.4 is 0 Å². The predicted octanol–water partition coefficient (Wildman–Crippen LogP) is 1.29. The molecule has 3 nitrogen and oxygen atoms in total. The molecule has 0 rings (SSSR count). The SMILES string of the molecule is CC(C(=O)O)N(C)C.Cl.Cl.Cl. The Bertz CT molecular complexity index is 99.7. The highest BCUT2D eigenvalue weighted by atomic mass is 35.5. The summed E-state index contributed by atoms with van der Waals surface area (Å²) in [5.74, 6) is -0.782. The fraction of sp³-hybridized carbons (Fsp3) is 0.800. The summed E-state index contributed by atoms with van der Waals surface area (Å²) in [5, 5.41) is 8.31. The van der Waals surface area contributed by atoms with E-state index in [2.05, 4.69) is 0 Å². The zero-order valence-corrected chi connectivity index (χ0v) is 9.05. The number of hydrogen-bond donors (Lipinski definition) is 1. The molecule has 0 aromatic heterocycles. The minimum absolute atomic E-state index is 0. The molecule has 0 fully saturated rings. The highest BCUT2D eigenvalue weighted by Gasteiger charge is 2.11. The molecule has 0 radical (unpaired) electrons. The van der Waals surface area contributed by atoms with Crippen molar-refractivity contribution in [3.05, 3.63) is 0 Å². The number of nitrogens with zero attached hydrogens (tertiary/aromatic N) is 1. The summed E-state index contributed by atoms with van der Waals surface area (Å²) < 4.78 is 0. The number of carbonyl (C=O) groups is 1. The third kappa shape index (κ3) is 10.3. The van der Waals surface area contributed by atoms with E-state index in [0.29, 0.717) is 0 Å². The van der Waals surface area contributed by atoms with Crippen LogP contribution in [0.15, 0.2) is 0 Å². The van der Waals surface area contributed by atoms with Gasteiger partial charge in [-0.05, 0) is 21.0 Å². The zero-order chi connectivity index (χ0) is 6.73. The van der Waals surface area contributed by atoms with Gasteiger partial charge in [-0.25, -0.2) is 0 Å². The van der Waals surface area contributed by atoms with Crippen LogP contribution in [0.5, 0.6) is 0 Å². The smallest absolute Gasteiger partial charge is 0.320 e. The molecule has 0 heterocycles. The molecule has 0 aliphatic heterocycles. The topological polar surface area (TPSA) is 40.5 Å². The molecule has 0 aliphatic rings. The first-order chi connectivity index (χ1) is 3.55. The van der Waals surface area contributed by atoms with Crippen LogP contribution in [0.25, 0.3) is 0 Å². The van der Waals surface area contributed by atoms with Crippen LogP contribution >= 0.6 is 37.2 Å². The maximum absolute atomic E-state index is 10.1. The lowest BCUT2D eigenvalue weighted by molar-refractivity contribution is -0.141. The second kappa shape index (κ2) is 10.3. The zero-order valence-electron chi connectivity index (χ0n) is 6.60. The summed E-state index contributed by atoms with van der Waals surface area (Å²) in [4.78, 5) is 11.7. The quantitative estimate of drug-likeness (QED) is 0.771. The Hall–Kier alpha value is 0.300. The van der Waals surface area contributed by atoms with Gasteiger partial charge in [-0.3, -0.25) is 9.69 Å². The molecule has 0 aliphatic carbocycles. The summed E-state index contributed by atoms with van der Waals surface area (Å²) in [6, 6.07) is -0.380. The van der Waals surface area contributed by atoms with E-state index in [4.69, 9.17) is 5.11 Å². The van der Waals surface area contributed by atoms with E-state index in [1.165, 1.54) is 0 Å². The van der Waals surface area contributed by atoms with Crippen molar-refractivity contribution < 1.29 is 9.90 Å². The van der Waals surface area contributed by atoms with E-state index in [0.717, 1.165) is 0 Å². The molecule has 0 bridgehead atoms. The van der Waals surface area contributed by atoms with Crippen LogP contribution in [0.1, 0.15) is 6.92 Å². The fourth-order valence-electron chi connectivity index (χ4n) is 0.221. The molecular formula is C5H14Cl3NO2. The minimum Gasteiger partial charge on any atom is -0.480 e. The maximum Gasteiger partial charge on any atom is 0.320 e. The molecule has 1 atom stereocenters. The molecule has 0 aromatic rings. The Kier molecular flexibility index (Phi) is 21.1. The molecule has 72 valence electrons. The molecule has 0 aromatic carbocycles. The van der Waals surface area contributed by atoms with E-state index >= 15 is 0 Å². The van der Waals surface area contributed by atoms with Gasteiger partial charge in [0.15, 0.2) is 0 Å². The normalized spacial score (nSPS) is 10.2. The number of carboxylic acid groups (broad SMARTS) is 1. The molecule has 11 heavy (non-hydrogen) atoms. The first-order valence-electron chi connectivity index (χ1n) is 2.45. The summed E-state index contributed by atoms with van der Waals surface area (Å²) in [5.41, 5.74) is 0. The van der Waals surface area contributed by atoms with Crippen LogP contribution in [0.4, 0.5) is 0 Å². The number of aliphatic carboxylic acids is 1. The molecule has 0 amide bonds. The van der Waals surface area contributed by atoms with Gasteiger partial charge in [-0.1, -0.05) is 0 Å². The molecule has 1 N–H and O–H groups in total. The highest BCUT2D eigenvalue weighted by molar-refractivity contribution is 5.86. The average Bonchev–Trinajstić information content (AvgIpc) is 1.64. The van der Waals surface area contributed by atoms with Gasteiger partial charge in [0.05, 0.1) is 0 Å². The summed E-state index contributed by atoms with van der Waals surface area (Å²) in [6.07, 6.45) is 0. The van der Waals surface area contributed by atoms with Crippen molar-refractivity contribution in [1.82, 2.24) is 4.90 Å². The van der Waals surface area contributed by atoms with Gasteiger partial charge in [0.1, 0.15) is 6.04 Å². The standard InChI is InChI=1S/C5H11NO2.3ClH/c1-4(5(7)8)6(2)3;;;/h4H,1-3H3,(H,7,8);3*1H. The summed E-state index contributed by atoms with van der Waals surface area (Å²) in [6.45, 7) is 1.64. The third-order valence-corrected chi connectivity index (χ3v) is 1.13. The number of halogens is 3. The van der Waals surface area contributed by atoms with Crippen LogP contribution in [0.3, 0.4) is 0 Å². The van der Waals surface area contributed by atoms with Crippen molar-refractivity contribution in [3.8, 4) is 0 Å². The van der Waals surface area contributed by atoms with Crippen molar-refractivity contribution in [2.75, 3.05) is 14.1 Å². The van der Waals surface area contributed by atoms with Crippen LogP contribution in [-0.2, 0) is 4.79 Å². The Morgan fingerprint density at radius 1 is 1.27 bits per heavy atom. The summed E-state index contributed by atoms with van der Waals surface area (Å²) >= 11 is 0. The van der Waals surface area contributed by atoms with Gasteiger partial charge >= 0.3 is 5.97 Å². The Morgan fingerprint density at radius 3 is 1.55 bits per heavy atom. The fourth-order valence-corrected chi connectivity index (χ4v) is 0.221. The number of carboxylic acids is 1. The van der Waals surface area contributed by atoms with E-state index in [9.17, 15) is 4.79 Å². The summed E-state index contributed by atoms with van der Waals surface area (Å²) in [7, 11) is 3.47. The highest BCUT2D eigenvalue weighted by Crippen LogP contribution is 1.88. The number of likely N-dealkylation sites (N-methyl/N-ethyl adjacent to an activating group) is 1. The molecule has 0 saturated carbocycles. The van der Waals surface area contributed by atoms with E-state index in [1.807, 2.05) is 0 Å². The van der Waals surface area contributed by atoms with Gasteiger partial charge in [0, 0.05) is 0 Å². The van der Waals surface area contributed by atoms with E-state index in [1.54, 1.807) is 25.9 Å². The first kappa shape index (κ1) is 22.5. The second-order valence-electron chi connectivity index (χ2n) is 1.98. The van der Waals surface area contributed by atoms with Gasteiger partial charge in [-0.15, -0.1) is 37.2 Å². The van der Waals surface area contributed by atoms with Crippen molar-refractivity contribution in [2.45, 2.75) is 13.0 Å². The molecule has 1 unspecified atom stereocenters. The Labute approximate surface area is 85.4 Å². The maximum atomic E-state index is 10.1. The molecule has 0 spiro atoms. The second-order valence-corrected chi connectivity index (χ2v) is 1.98. The predicted molar refractivity (Wildman–Crippen MR) is 52.5 cm³/mol. The van der Waals surface area contributed by atoms with Crippen molar-refractivity contribution >= 4 is 43.2 Å². The van der Waals surface area contributed by atoms with Crippen molar-refractivity contribution in [3.63, 3.8) is 0 Å². The first-order valence-corrected chi connectivity index (χ1v) is 2.45. The van der Waals surface area contributed by atoms with Crippen LogP contribution in [0, 0.1) is 0 Å². The van der Waals surface area contributed by atoms with E-state index < -0.39 is 5.97 Å². The average molecular weight is 227 g/mol. The minimum atomic E-state index is -0.782. The number of rotatable bonds is 2. The lowest BCUT2D eigenvalue weighted by Gasteiger charge is -2.13. The monoisotopic (exact) mass is 225 g/mol. The third-order valence-electron chi connectivity index (χ3n) is 1.13. The Morgan fingerprint density at radius 2 is 1.55 bits per heavy atom. The number of hydrogen-bond acceptors (Lipinski definition) is 2. The van der Waals surface area contributed by atoms with Crippen LogP contribution in [-0.4, -0.2) is 36.1 Å².